The molecular formula is C18H20N2O6. The van der Waals surface area contributed by atoms with Gasteiger partial charge in [0.05, 0.1) is 13.7 Å². The number of para-hydroxylation sites is 2. The number of benzene rings is 1. The lowest BCUT2D eigenvalue weighted by Crippen LogP contribution is -2.32. The molecule has 2 rings (SSSR count). The second-order valence-electron chi connectivity index (χ2n) is 5.28. The van der Waals surface area contributed by atoms with E-state index < -0.39 is 18.5 Å². The molecule has 1 aromatic heterocycles. The van der Waals surface area contributed by atoms with Gasteiger partial charge in [-0.1, -0.05) is 12.1 Å². The highest BCUT2D eigenvalue weighted by molar-refractivity contribution is 5.97. The van der Waals surface area contributed by atoms with Crippen LogP contribution in [-0.4, -0.2) is 49.5 Å². The van der Waals surface area contributed by atoms with E-state index in [1.54, 1.807) is 19.2 Å². The third-order valence-corrected chi connectivity index (χ3v) is 3.39. The number of H-pyrrole nitrogens is 1. The van der Waals surface area contributed by atoms with Crippen molar-refractivity contribution in [3.63, 3.8) is 0 Å². The topological polar surface area (TPSA) is 107 Å². The standard InChI is InChI=1S/C18H20N2O6/c1-12(21)13-9-14(20-10-13)18(23)26-11-17(22)19-7-8-25-16-6-4-3-5-15(16)24-2/h3-6,9-10,20H,7-8,11H2,1-2H3,(H,19,22). The molecule has 0 saturated carbocycles. The van der Waals surface area contributed by atoms with Crippen molar-refractivity contribution in [1.82, 2.24) is 10.3 Å². The molecule has 0 radical (unpaired) electrons. The lowest BCUT2D eigenvalue weighted by Gasteiger charge is -2.10. The van der Waals surface area contributed by atoms with E-state index in [4.69, 9.17) is 14.2 Å². The number of hydrogen-bond acceptors (Lipinski definition) is 6. The summed E-state index contributed by atoms with van der Waals surface area (Å²) in [5.41, 5.74) is 0.484. The fraction of sp³-hybridized carbons (Fsp3) is 0.278. The van der Waals surface area contributed by atoms with Gasteiger partial charge in [-0.05, 0) is 25.1 Å². The van der Waals surface area contributed by atoms with Crippen LogP contribution in [0.2, 0.25) is 0 Å². The predicted molar refractivity (Wildman–Crippen MR) is 92.6 cm³/mol. The number of aromatic nitrogens is 1. The molecular weight excluding hydrogens is 340 g/mol. The quantitative estimate of drug-likeness (QED) is 0.399. The van der Waals surface area contributed by atoms with Gasteiger partial charge in [-0.15, -0.1) is 0 Å². The zero-order chi connectivity index (χ0) is 18.9. The van der Waals surface area contributed by atoms with Crippen LogP contribution in [0.1, 0.15) is 27.8 Å². The molecule has 0 spiro atoms. The van der Waals surface area contributed by atoms with Gasteiger partial charge in [0.25, 0.3) is 5.91 Å². The zero-order valence-electron chi connectivity index (χ0n) is 14.5. The van der Waals surface area contributed by atoms with Gasteiger partial charge < -0.3 is 24.5 Å². The van der Waals surface area contributed by atoms with E-state index in [0.29, 0.717) is 17.1 Å². The summed E-state index contributed by atoms with van der Waals surface area (Å²) in [4.78, 5) is 37.3. The molecule has 0 aliphatic rings. The normalized spacial score (nSPS) is 10.1. The van der Waals surface area contributed by atoms with Crippen LogP contribution in [0.4, 0.5) is 0 Å². The van der Waals surface area contributed by atoms with Crippen LogP contribution in [0.3, 0.4) is 0 Å². The summed E-state index contributed by atoms with van der Waals surface area (Å²) in [5.74, 6) is -0.168. The molecule has 138 valence electrons. The molecule has 2 N–H and O–H groups in total. The Morgan fingerprint density at radius 1 is 1.15 bits per heavy atom. The van der Waals surface area contributed by atoms with E-state index in [9.17, 15) is 14.4 Å². The van der Waals surface area contributed by atoms with Gasteiger partial charge in [-0.2, -0.15) is 0 Å². The van der Waals surface area contributed by atoms with Crippen LogP contribution in [0, 0.1) is 0 Å². The minimum Gasteiger partial charge on any atom is -0.493 e. The number of aromatic amines is 1. The zero-order valence-corrected chi connectivity index (χ0v) is 14.5. The van der Waals surface area contributed by atoms with Gasteiger partial charge in [0.1, 0.15) is 12.3 Å². The number of rotatable bonds is 9. The number of ketones is 1. The SMILES string of the molecule is COc1ccccc1OCCNC(=O)COC(=O)c1cc(C(C)=O)c[nH]1. The smallest absolute Gasteiger partial charge is 0.355 e. The Morgan fingerprint density at radius 2 is 1.88 bits per heavy atom. The number of Topliss-reactive ketones (excluding diaryl/α,β-unsaturated/α-hetero) is 1. The number of ether oxygens (including phenoxy) is 3. The first-order valence-electron chi connectivity index (χ1n) is 7.90. The summed E-state index contributed by atoms with van der Waals surface area (Å²) in [5, 5.41) is 2.57. The highest BCUT2D eigenvalue weighted by atomic mass is 16.5. The fourth-order valence-corrected chi connectivity index (χ4v) is 2.06. The Kier molecular flexibility index (Phi) is 6.78. The van der Waals surface area contributed by atoms with Gasteiger partial charge in [0, 0.05) is 11.8 Å². The van der Waals surface area contributed by atoms with Crippen LogP contribution < -0.4 is 14.8 Å². The Bertz CT molecular complexity index is 783. The van der Waals surface area contributed by atoms with Crippen LogP contribution in [0.15, 0.2) is 36.5 Å². The maximum Gasteiger partial charge on any atom is 0.355 e. The molecule has 26 heavy (non-hydrogen) atoms. The Hall–Kier alpha value is -3.29. The summed E-state index contributed by atoms with van der Waals surface area (Å²) in [7, 11) is 1.54. The Balaban J connectivity index is 1.68. The van der Waals surface area contributed by atoms with E-state index in [2.05, 4.69) is 10.3 Å². The first kappa shape index (κ1) is 19.0. The van der Waals surface area contributed by atoms with Crippen molar-refractivity contribution in [1.29, 1.82) is 0 Å². The van der Waals surface area contributed by atoms with Crippen molar-refractivity contribution >= 4 is 17.7 Å². The molecule has 0 saturated heterocycles. The molecule has 2 aromatic rings. The lowest BCUT2D eigenvalue weighted by molar-refractivity contribution is -0.124. The molecule has 0 fully saturated rings. The Labute approximate surface area is 150 Å². The molecule has 1 aromatic carbocycles. The minimum absolute atomic E-state index is 0.113. The van der Waals surface area contributed by atoms with Crippen LogP contribution >= 0.6 is 0 Å². The van der Waals surface area contributed by atoms with Crippen LogP contribution in [-0.2, 0) is 9.53 Å². The fourth-order valence-electron chi connectivity index (χ4n) is 2.06. The third-order valence-electron chi connectivity index (χ3n) is 3.39. The highest BCUT2D eigenvalue weighted by Crippen LogP contribution is 2.25. The van der Waals surface area contributed by atoms with Crippen molar-refractivity contribution < 1.29 is 28.6 Å². The van der Waals surface area contributed by atoms with Gasteiger partial charge in [-0.3, -0.25) is 9.59 Å². The summed E-state index contributed by atoms with van der Waals surface area (Å²) >= 11 is 0. The average Bonchev–Trinajstić information content (AvgIpc) is 3.14. The van der Waals surface area contributed by atoms with E-state index >= 15 is 0 Å². The predicted octanol–water partition coefficient (Wildman–Crippen LogP) is 1.58. The van der Waals surface area contributed by atoms with Crippen LogP contribution in [0.25, 0.3) is 0 Å². The largest absolute Gasteiger partial charge is 0.493 e. The summed E-state index contributed by atoms with van der Waals surface area (Å²) in [6.45, 7) is 1.44. The van der Waals surface area contributed by atoms with Crippen molar-refractivity contribution in [2.24, 2.45) is 0 Å². The molecule has 0 aliphatic carbocycles. The van der Waals surface area contributed by atoms with Gasteiger partial charge in [0.15, 0.2) is 23.9 Å². The molecule has 0 atom stereocenters. The first-order chi connectivity index (χ1) is 12.5. The first-order valence-corrected chi connectivity index (χ1v) is 7.90. The number of amides is 1. The van der Waals surface area contributed by atoms with Crippen molar-refractivity contribution in [3.05, 3.63) is 47.8 Å². The molecule has 1 heterocycles. The van der Waals surface area contributed by atoms with Gasteiger partial charge >= 0.3 is 5.97 Å². The number of esters is 1. The third kappa shape index (κ3) is 5.37. The molecule has 8 nitrogen and oxygen atoms in total. The van der Waals surface area contributed by atoms with Gasteiger partial charge in [0.2, 0.25) is 0 Å². The second-order valence-corrected chi connectivity index (χ2v) is 5.28. The lowest BCUT2D eigenvalue weighted by atomic mass is 10.2. The van der Waals surface area contributed by atoms with E-state index in [1.165, 1.54) is 19.2 Å². The average molecular weight is 360 g/mol. The van der Waals surface area contributed by atoms with Crippen LogP contribution in [0.5, 0.6) is 11.5 Å². The number of nitrogens with one attached hydrogen (secondary N) is 2. The highest BCUT2D eigenvalue weighted by Gasteiger charge is 2.13. The summed E-state index contributed by atoms with van der Waals surface area (Å²) < 4.78 is 15.5. The maximum absolute atomic E-state index is 11.8. The van der Waals surface area contributed by atoms with E-state index in [0.717, 1.165) is 0 Å². The monoisotopic (exact) mass is 360 g/mol. The molecule has 1 amide bonds. The van der Waals surface area contributed by atoms with E-state index in [1.807, 2.05) is 12.1 Å². The van der Waals surface area contributed by atoms with Crippen molar-refractivity contribution in [2.45, 2.75) is 6.92 Å². The van der Waals surface area contributed by atoms with Crippen molar-refractivity contribution in [3.8, 4) is 11.5 Å². The molecule has 0 unspecified atom stereocenters. The molecule has 8 heteroatoms. The summed E-state index contributed by atoms with van der Waals surface area (Å²) in [6, 6.07) is 8.54. The maximum atomic E-state index is 11.8. The number of carbonyl (C=O) groups is 3. The molecule has 0 bridgehead atoms. The minimum atomic E-state index is -0.710. The van der Waals surface area contributed by atoms with Gasteiger partial charge in [-0.25, -0.2) is 4.79 Å². The summed E-state index contributed by atoms with van der Waals surface area (Å²) in [6.07, 6.45) is 1.41. The Morgan fingerprint density at radius 3 is 2.54 bits per heavy atom. The number of methoxy groups -OCH3 is 1. The number of hydrogen-bond donors (Lipinski definition) is 2. The second kappa shape index (κ2) is 9.26. The van der Waals surface area contributed by atoms with Crippen molar-refractivity contribution in [2.75, 3.05) is 26.9 Å². The molecule has 0 aliphatic heterocycles. The van der Waals surface area contributed by atoms with E-state index in [-0.39, 0.29) is 24.6 Å². The number of carbonyl (C=O) groups excluding carboxylic acids is 3.